The summed E-state index contributed by atoms with van der Waals surface area (Å²) in [6.45, 7) is 4.05. The summed E-state index contributed by atoms with van der Waals surface area (Å²) < 4.78 is 6.05. The molecule has 0 unspecified atom stereocenters. The second kappa shape index (κ2) is 6.57. The fourth-order valence-electron chi connectivity index (χ4n) is 3.99. The Morgan fingerprint density at radius 1 is 1.26 bits per heavy atom. The second-order valence-corrected chi connectivity index (χ2v) is 7.22. The zero-order valence-electron chi connectivity index (χ0n) is 13.5. The zero-order chi connectivity index (χ0) is 15.6. The van der Waals surface area contributed by atoms with Gasteiger partial charge in [-0.3, -0.25) is 9.78 Å². The van der Waals surface area contributed by atoms with Gasteiger partial charge in [-0.25, -0.2) is 0 Å². The maximum Gasteiger partial charge on any atom is 0.251 e. The molecule has 5 nitrogen and oxygen atoms in total. The summed E-state index contributed by atoms with van der Waals surface area (Å²) in [7, 11) is 0. The van der Waals surface area contributed by atoms with Gasteiger partial charge in [0.05, 0.1) is 12.1 Å². The van der Waals surface area contributed by atoms with E-state index in [0.717, 1.165) is 32.0 Å². The molecule has 1 saturated carbocycles. The number of carbonyl (C=O) groups excluding carboxylic acids is 1. The summed E-state index contributed by atoms with van der Waals surface area (Å²) in [6, 6.07) is 3.62. The summed E-state index contributed by atoms with van der Waals surface area (Å²) in [5.74, 6) is 1.42. The van der Waals surface area contributed by atoms with Crippen molar-refractivity contribution in [2.75, 3.05) is 26.2 Å². The van der Waals surface area contributed by atoms with Crippen LogP contribution < -0.4 is 5.32 Å². The molecule has 0 radical (unpaired) electrons. The van der Waals surface area contributed by atoms with E-state index in [1.54, 1.807) is 24.5 Å². The molecule has 23 heavy (non-hydrogen) atoms. The van der Waals surface area contributed by atoms with Crippen molar-refractivity contribution < 1.29 is 9.53 Å². The van der Waals surface area contributed by atoms with E-state index in [1.807, 2.05) is 0 Å². The lowest BCUT2D eigenvalue weighted by molar-refractivity contribution is -0.0838. The molecule has 0 bridgehead atoms. The Balaban J connectivity index is 1.45. The zero-order valence-corrected chi connectivity index (χ0v) is 13.5. The fourth-order valence-corrected chi connectivity index (χ4v) is 3.99. The molecule has 1 aromatic heterocycles. The predicted octanol–water partition coefficient (Wildman–Crippen LogP) is 1.70. The normalized spacial score (nSPS) is 31.4. The Morgan fingerprint density at radius 2 is 2.09 bits per heavy atom. The molecular formula is C18H25N3O2. The monoisotopic (exact) mass is 315 g/mol. The van der Waals surface area contributed by atoms with Gasteiger partial charge >= 0.3 is 0 Å². The first-order valence-corrected chi connectivity index (χ1v) is 8.84. The molecule has 3 fully saturated rings. The highest BCUT2D eigenvalue weighted by atomic mass is 16.5. The maximum absolute atomic E-state index is 12.5. The van der Waals surface area contributed by atoms with Gasteiger partial charge in [-0.15, -0.1) is 0 Å². The summed E-state index contributed by atoms with van der Waals surface area (Å²) in [4.78, 5) is 19.0. The van der Waals surface area contributed by atoms with Crippen LogP contribution in [0.1, 0.15) is 36.0 Å². The number of nitrogens with one attached hydrogen (secondary N) is 1. The smallest absolute Gasteiger partial charge is 0.251 e. The number of nitrogens with zero attached hydrogens (tertiary/aromatic N) is 2. The third kappa shape index (κ3) is 3.56. The lowest BCUT2D eigenvalue weighted by Gasteiger charge is -2.46. The molecule has 1 amide bonds. The number of aromatic nitrogens is 1. The van der Waals surface area contributed by atoms with Crippen LogP contribution in [0.3, 0.4) is 0 Å². The Labute approximate surface area is 137 Å². The Hall–Kier alpha value is -1.46. The number of pyridine rings is 1. The van der Waals surface area contributed by atoms with E-state index in [4.69, 9.17) is 4.74 Å². The third-order valence-corrected chi connectivity index (χ3v) is 5.31. The van der Waals surface area contributed by atoms with Gasteiger partial charge in [0.2, 0.25) is 0 Å². The van der Waals surface area contributed by atoms with Crippen LogP contribution >= 0.6 is 0 Å². The molecule has 124 valence electrons. The van der Waals surface area contributed by atoms with Gasteiger partial charge in [-0.2, -0.15) is 0 Å². The van der Waals surface area contributed by atoms with Crippen LogP contribution in [0.25, 0.3) is 0 Å². The molecule has 2 aliphatic heterocycles. The van der Waals surface area contributed by atoms with Gasteiger partial charge < -0.3 is 15.0 Å². The van der Waals surface area contributed by atoms with Gasteiger partial charge in [0.15, 0.2) is 0 Å². The number of fused-ring (bicyclic) bond motifs is 1. The van der Waals surface area contributed by atoms with E-state index < -0.39 is 0 Å². The molecule has 3 aliphatic rings. The molecule has 1 N–H and O–H groups in total. The fraction of sp³-hybridized carbons (Fsp3) is 0.667. The van der Waals surface area contributed by atoms with Crippen molar-refractivity contribution in [1.82, 2.24) is 15.2 Å². The van der Waals surface area contributed by atoms with E-state index in [0.29, 0.717) is 11.5 Å². The number of likely N-dealkylation sites (tertiary alicyclic amines) is 1. The number of ether oxygens (including phenoxy) is 1. The molecule has 1 aliphatic carbocycles. The minimum absolute atomic E-state index is 0.0152. The largest absolute Gasteiger partial charge is 0.376 e. The van der Waals surface area contributed by atoms with Crippen molar-refractivity contribution in [3.8, 4) is 0 Å². The molecule has 0 aromatic carbocycles. The molecule has 3 heterocycles. The quantitative estimate of drug-likeness (QED) is 0.919. The summed E-state index contributed by atoms with van der Waals surface area (Å²) in [5.41, 5.74) is 0.673. The predicted molar refractivity (Wildman–Crippen MR) is 87.1 cm³/mol. The van der Waals surface area contributed by atoms with Crippen LogP contribution in [0, 0.1) is 11.8 Å². The second-order valence-electron chi connectivity index (χ2n) is 7.22. The van der Waals surface area contributed by atoms with Crippen LogP contribution in [0.2, 0.25) is 0 Å². The minimum atomic E-state index is -0.0152. The van der Waals surface area contributed by atoms with Gasteiger partial charge in [0, 0.05) is 44.2 Å². The number of hydrogen-bond acceptors (Lipinski definition) is 4. The molecule has 4 rings (SSSR count). The first-order valence-electron chi connectivity index (χ1n) is 8.84. The van der Waals surface area contributed by atoms with Crippen LogP contribution in [0.5, 0.6) is 0 Å². The molecular weight excluding hydrogens is 290 g/mol. The van der Waals surface area contributed by atoms with Crippen molar-refractivity contribution in [2.24, 2.45) is 11.8 Å². The average Bonchev–Trinajstić information content (AvgIpc) is 3.39. The average molecular weight is 315 g/mol. The summed E-state index contributed by atoms with van der Waals surface area (Å²) in [6.07, 6.45) is 8.59. The lowest BCUT2D eigenvalue weighted by atomic mass is 9.85. The lowest BCUT2D eigenvalue weighted by Crippen LogP contribution is -2.61. The Morgan fingerprint density at radius 3 is 2.87 bits per heavy atom. The van der Waals surface area contributed by atoms with Crippen LogP contribution in [-0.4, -0.2) is 54.2 Å². The summed E-state index contributed by atoms with van der Waals surface area (Å²) in [5, 5.41) is 3.22. The van der Waals surface area contributed by atoms with Gasteiger partial charge in [0.1, 0.15) is 0 Å². The van der Waals surface area contributed by atoms with Gasteiger partial charge in [-0.05, 0) is 49.7 Å². The van der Waals surface area contributed by atoms with Gasteiger partial charge in [-0.1, -0.05) is 0 Å². The first-order chi connectivity index (χ1) is 11.3. The van der Waals surface area contributed by atoms with E-state index >= 15 is 0 Å². The molecule has 2 saturated heterocycles. The van der Waals surface area contributed by atoms with E-state index in [-0.39, 0.29) is 18.1 Å². The van der Waals surface area contributed by atoms with Gasteiger partial charge in [0.25, 0.3) is 5.91 Å². The number of hydrogen-bond donors (Lipinski definition) is 1. The molecule has 5 heteroatoms. The SMILES string of the molecule is O=C(N[C@@H]1CN(CC2CC2)C[C@@H]2CCCO[C@@H]21)c1ccncc1. The van der Waals surface area contributed by atoms with Crippen molar-refractivity contribution in [2.45, 2.75) is 37.8 Å². The highest BCUT2D eigenvalue weighted by molar-refractivity contribution is 5.94. The number of rotatable bonds is 4. The van der Waals surface area contributed by atoms with Crippen molar-refractivity contribution in [3.05, 3.63) is 30.1 Å². The van der Waals surface area contributed by atoms with Crippen LogP contribution in [0.15, 0.2) is 24.5 Å². The van der Waals surface area contributed by atoms with E-state index in [9.17, 15) is 4.79 Å². The molecule has 3 atom stereocenters. The van der Waals surface area contributed by atoms with Crippen LogP contribution in [-0.2, 0) is 4.74 Å². The minimum Gasteiger partial charge on any atom is -0.376 e. The van der Waals surface area contributed by atoms with Crippen molar-refractivity contribution >= 4 is 5.91 Å². The highest BCUT2D eigenvalue weighted by Gasteiger charge is 2.41. The first kappa shape index (κ1) is 15.1. The molecule has 1 aromatic rings. The Kier molecular flexibility index (Phi) is 4.31. The molecule has 0 spiro atoms. The standard InChI is InChI=1S/C18H25N3O2/c22-18(14-5-7-19-8-6-14)20-16-12-21(10-13-3-4-13)11-15-2-1-9-23-17(15)16/h5-8,13,15-17H,1-4,9-12H2,(H,20,22)/t15-,16+,17-/m0/s1. The summed E-state index contributed by atoms with van der Waals surface area (Å²) >= 11 is 0. The highest BCUT2D eigenvalue weighted by Crippen LogP contribution is 2.34. The van der Waals surface area contributed by atoms with E-state index in [1.165, 1.54) is 25.8 Å². The third-order valence-electron chi connectivity index (χ3n) is 5.31. The number of piperidine rings is 1. The van der Waals surface area contributed by atoms with E-state index in [2.05, 4.69) is 15.2 Å². The topological polar surface area (TPSA) is 54.5 Å². The van der Waals surface area contributed by atoms with Crippen molar-refractivity contribution in [3.63, 3.8) is 0 Å². The Bertz CT molecular complexity index is 546. The number of amides is 1. The van der Waals surface area contributed by atoms with Crippen LogP contribution in [0.4, 0.5) is 0 Å². The maximum atomic E-state index is 12.5. The van der Waals surface area contributed by atoms with Crippen molar-refractivity contribution in [1.29, 1.82) is 0 Å². The number of carbonyl (C=O) groups is 1.